The number of carbonyl (C=O) groups is 2. The van der Waals surface area contributed by atoms with Gasteiger partial charge in [0.25, 0.3) is 5.91 Å². The fraction of sp³-hybridized carbons (Fsp3) is 0.632. The minimum atomic E-state index is -0.324. The van der Waals surface area contributed by atoms with Crippen molar-refractivity contribution in [3.63, 3.8) is 0 Å². The van der Waals surface area contributed by atoms with Gasteiger partial charge in [0.05, 0.1) is 10.3 Å². The molecule has 0 aromatic carbocycles. The summed E-state index contributed by atoms with van der Waals surface area (Å²) in [5.74, 6) is 0.856. The summed E-state index contributed by atoms with van der Waals surface area (Å²) in [7, 11) is 5.36. The second kappa shape index (κ2) is 12.3. The van der Waals surface area contributed by atoms with Gasteiger partial charge in [0.2, 0.25) is 5.91 Å². The fourth-order valence-electron chi connectivity index (χ4n) is 3.46. The van der Waals surface area contributed by atoms with Crippen LogP contribution in [0.4, 0.5) is 0 Å². The van der Waals surface area contributed by atoms with Crippen molar-refractivity contribution in [2.24, 2.45) is 10.4 Å². The Morgan fingerprint density at radius 1 is 1.18 bits per heavy atom. The number of hydrogen-bond donors (Lipinski definition) is 3. The Morgan fingerprint density at radius 3 is 2.43 bits per heavy atom. The van der Waals surface area contributed by atoms with Gasteiger partial charge in [-0.2, -0.15) is 0 Å². The Bertz CT molecular complexity index is 643. The molecule has 0 unspecified atom stereocenters. The van der Waals surface area contributed by atoms with E-state index in [9.17, 15) is 9.59 Å². The number of hydrogen-bond acceptors (Lipinski definition) is 4. The molecule has 1 aromatic heterocycles. The highest BCUT2D eigenvalue weighted by Crippen LogP contribution is 2.38. The van der Waals surface area contributed by atoms with Crippen molar-refractivity contribution in [2.45, 2.75) is 32.1 Å². The van der Waals surface area contributed by atoms with Gasteiger partial charge in [-0.15, -0.1) is 35.3 Å². The summed E-state index contributed by atoms with van der Waals surface area (Å²) in [4.78, 5) is 31.1. The maximum Gasteiger partial charge on any atom is 0.261 e. The van der Waals surface area contributed by atoms with Gasteiger partial charge in [-0.25, -0.2) is 0 Å². The van der Waals surface area contributed by atoms with Crippen LogP contribution in [0, 0.1) is 5.41 Å². The lowest BCUT2D eigenvalue weighted by atomic mass is 9.84. The predicted octanol–water partition coefficient (Wildman–Crippen LogP) is 2.30. The van der Waals surface area contributed by atoms with E-state index in [1.165, 1.54) is 11.3 Å². The number of nitrogens with zero attached hydrogens (tertiary/aromatic N) is 2. The van der Waals surface area contributed by atoms with E-state index in [0.29, 0.717) is 25.6 Å². The first kappa shape index (κ1) is 24.7. The van der Waals surface area contributed by atoms with Gasteiger partial charge >= 0.3 is 0 Å². The average Bonchev–Trinajstić information content (AvgIpc) is 3.35. The Balaban J connectivity index is 0.00000392. The third-order valence-electron chi connectivity index (χ3n) is 4.91. The molecule has 0 radical (unpaired) electrons. The average molecular weight is 521 g/mol. The van der Waals surface area contributed by atoms with E-state index in [2.05, 4.69) is 20.9 Å². The van der Waals surface area contributed by atoms with Gasteiger partial charge in [-0.3, -0.25) is 14.6 Å². The molecule has 0 atom stereocenters. The summed E-state index contributed by atoms with van der Waals surface area (Å²) in [6.45, 7) is 1.89. The standard InChI is InChI=1S/C19H31N5O2S.HI/c1-20-18(22-12-7-11-21-16(25)15-8-6-13-27-15)23-14-19(9-4-5-10-19)17(26)24(2)3;/h6,8,13H,4-5,7,9-12,14H2,1-3H3,(H,21,25)(H2,20,22,23);1H. The quantitative estimate of drug-likeness (QED) is 0.212. The molecular weight excluding hydrogens is 489 g/mol. The second-order valence-corrected chi connectivity index (χ2v) is 8.07. The summed E-state index contributed by atoms with van der Waals surface area (Å²) in [6, 6.07) is 3.69. The molecule has 2 rings (SSSR count). The third-order valence-corrected chi connectivity index (χ3v) is 5.78. The molecule has 0 saturated heterocycles. The summed E-state index contributed by atoms with van der Waals surface area (Å²) in [5, 5.41) is 11.4. The summed E-state index contributed by atoms with van der Waals surface area (Å²) in [6.07, 6.45) is 4.82. The largest absolute Gasteiger partial charge is 0.356 e. The number of thiophene rings is 1. The first-order chi connectivity index (χ1) is 13.0. The number of rotatable bonds is 8. The molecule has 1 fully saturated rings. The molecule has 1 heterocycles. The van der Waals surface area contributed by atoms with E-state index in [4.69, 9.17) is 0 Å². The highest BCUT2D eigenvalue weighted by atomic mass is 127. The van der Waals surface area contributed by atoms with Gasteiger partial charge in [-0.1, -0.05) is 18.9 Å². The molecule has 28 heavy (non-hydrogen) atoms. The van der Waals surface area contributed by atoms with Crippen LogP contribution in [-0.4, -0.2) is 63.5 Å². The van der Waals surface area contributed by atoms with Crippen LogP contribution in [0.25, 0.3) is 0 Å². The van der Waals surface area contributed by atoms with Crippen LogP contribution in [0.1, 0.15) is 41.8 Å². The van der Waals surface area contributed by atoms with E-state index >= 15 is 0 Å². The van der Waals surface area contributed by atoms with E-state index in [0.717, 1.165) is 37.0 Å². The lowest BCUT2D eigenvalue weighted by Crippen LogP contribution is -2.49. The Kier molecular flexibility index (Phi) is 10.8. The molecule has 1 aliphatic carbocycles. The highest BCUT2D eigenvalue weighted by molar-refractivity contribution is 14.0. The Morgan fingerprint density at radius 2 is 1.86 bits per heavy atom. The molecule has 0 aliphatic heterocycles. The number of amides is 2. The zero-order chi connectivity index (χ0) is 19.7. The van der Waals surface area contributed by atoms with Gasteiger partial charge in [0, 0.05) is 40.8 Å². The first-order valence-electron chi connectivity index (χ1n) is 9.46. The van der Waals surface area contributed by atoms with E-state index in [-0.39, 0.29) is 41.2 Å². The van der Waals surface area contributed by atoms with Gasteiger partial charge in [-0.05, 0) is 30.7 Å². The molecule has 0 spiro atoms. The van der Waals surface area contributed by atoms with Crippen LogP contribution in [0.5, 0.6) is 0 Å². The van der Waals surface area contributed by atoms with Crippen molar-refractivity contribution in [2.75, 3.05) is 40.8 Å². The first-order valence-corrected chi connectivity index (χ1v) is 10.3. The maximum absolute atomic E-state index is 12.6. The number of nitrogens with one attached hydrogen (secondary N) is 3. The highest BCUT2D eigenvalue weighted by Gasteiger charge is 2.42. The SMILES string of the molecule is CN=C(NCCCNC(=O)c1cccs1)NCC1(C(=O)N(C)C)CCCC1.I. The van der Waals surface area contributed by atoms with Gasteiger partial charge in [0.1, 0.15) is 0 Å². The molecule has 0 bridgehead atoms. The van der Waals surface area contributed by atoms with Crippen molar-refractivity contribution < 1.29 is 9.59 Å². The topological polar surface area (TPSA) is 85.8 Å². The number of carbonyl (C=O) groups excluding carboxylic acids is 2. The smallest absolute Gasteiger partial charge is 0.261 e. The molecule has 3 N–H and O–H groups in total. The van der Waals surface area contributed by atoms with Crippen molar-refractivity contribution in [3.05, 3.63) is 22.4 Å². The zero-order valence-corrected chi connectivity index (χ0v) is 20.1. The summed E-state index contributed by atoms with van der Waals surface area (Å²) in [5.41, 5.74) is -0.324. The summed E-state index contributed by atoms with van der Waals surface area (Å²) >= 11 is 1.44. The fourth-order valence-corrected chi connectivity index (χ4v) is 4.10. The normalized spacial score (nSPS) is 15.5. The molecule has 2 amide bonds. The minimum Gasteiger partial charge on any atom is -0.356 e. The molecule has 158 valence electrons. The summed E-state index contributed by atoms with van der Waals surface area (Å²) < 4.78 is 0. The van der Waals surface area contributed by atoms with Crippen molar-refractivity contribution in [1.29, 1.82) is 0 Å². The van der Waals surface area contributed by atoms with Crippen molar-refractivity contribution in [1.82, 2.24) is 20.9 Å². The number of halogens is 1. The molecule has 1 saturated carbocycles. The Labute approximate surface area is 188 Å². The van der Waals surface area contributed by atoms with E-state index in [1.807, 2.05) is 31.6 Å². The van der Waals surface area contributed by atoms with Crippen LogP contribution in [0.15, 0.2) is 22.5 Å². The lowest BCUT2D eigenvalue weighted by molar-refractivity contribution is -0.138. The Hall–Kier alpha value is -1.36. The van der Waals surface area contributed by atoms with Crippen LogP contribution >= 0.6 is 35.3 Å². The van der Waals surface area contributed by atoms with Crippen LogP contribution in [0.2, 0.25) is 0 Å². The molecular formula is C19H32IN5O2S. The maximum atomic E-state index is 12.6. The van der Waals surface area contributed by atoms with E-state index < -0.39 is 0 Å². The molecule has 1 aliphatic rings. The third kappa shape index (κ3) is 6.91. The molecule has 7 nitrogen and oxygen atoms in total. The van der Waals surface area contributed by atoms with Crippen LogP contribution in [0.3, 0.4) is 0 Å². The van der Waals surface area contributed by atoms with E-state index in [1.54, 1.807) is 11.9 Å². The van der Waals surface area contributed by atoms with Gasteiger partial charge in [0.15, 0.2) is 5.96 Å². The van der Waals surface area contributed by atoms with Crippen molar-refractivity contribution in [3.8, 4) is 0 Å². The predicted molar refractivity (Wildman–Crippen MR) is 126 cm³/mol. The number of aliphatic imine (C=N–C) groups is 1. The lowest BCUT2D eigenvalue weighted by Gasteiger charge is -2.31. The molecule has 9 heteroatoms. The van der Waals surface area contributed by atoms with Gasteiger partial charge < -0.3 is 20.9 Å². The van der Waals surface area contributed by atoms with Crippen molar-refractivity contribution >= 4 is 53.1 Å². The zero-order valence-electron chi connectivity index (χ0n) is 16.9. The second-order valence-electron chi connectivity index (χ2n) is 7.13. The number of guanidine groups is 1. The molecule has 1 aromatic rings. The van der Waals surface area contributed by atoms with Crippen LogP contribution < -0.4 is 16.0 Å². The van der Waals surface area contributed by atoms with Crippen LogP contribution in [-0.2, 0) is 4.79 Å². The monoisotopic (exact) mass is 521 g/mol. The minimum absolute atomic E-state index is 0.